The van der Waals surface area contributed by atoms with Crippen molar-refractivity contribution in [1.29, 1.82) is 0 Å². The van der Waals surface area contributed by atoms with E-state index in [1.165, 1.54) is 17.6 Å². The Bertz CT molecular complexity index is 333. The Kier molecular flexibility index (Phi) is 2.56. The molecule has 1 heterocycles. The molecule has 0 unspecified atom stereocenters. The molecule has 1 amide bonds. The summed E-state index contributed by atoms with van der Waals surface area (Å²) in [6.07, 6.45) is 1.03. The van der Waals surface area contributed by atoms with Gasteiger partial charge in [0.05, 0.1) is 5.56 Å². The quantitative estimate of drug-likeness (QED) is 0.438. The second kappa shape index (κ2) is 3.63. The van der Waals surface area contributed by atoms with Crippen LogP contribution < -0.4 is 5.48 Å². The molecule has 13 heavy (non-hydrogen) atoms. The van der Waals surface area contributed by atoms with Crippen LogP contribution in [0.15, 0.2) is 18.3 Å². The Labute approximate surface area is 72.8 Å². The summed E-state index contributed by atoms with van der Waals surface area (Å²) >= 11 is 0. The fraction of sp³-hybridized carbons (Fsp3) is 0. The summed E-state index contributed by atoms with van der Waals surface area (Å²) in [6.45, 7) is 0. The maximum Gasteiger partial charge on any atom is 0.337 e. The van der Waals surface area contributed by atoms with Crippen LogP contribution in [0.2, 0.25) is 0 Å². The number of hydroxylamine groups is 1. The molecule has 6 heteroatoms. The smallest absolute Gasteiger partial charge is 0.337 e. The zero-order valence-corrected chi connectivity index (χ0v) is 6.39. The Balaban J connectivity index is 2.93. The molecular weight excluding hydrogens is 176 g/mol. The average Bonchev–Trinajstić information content (AvgIpc) is 2.17. The number of nitrogens with one attached hydrogen (secondary N) is 1. The summed E-state index contributed by atoms with van der Waals surface area (Å²) < 4.78 is 0. The molecule has 1 aromatic rings. The number of carboxylic acid groups (broad SMARTS) is 1. The van der Waals surface area contributed by atoms with Gasteiger partial charge < -0.3 is 5.11 Å². The van der Waals surface area contributed by atoms with Crippen LogP contribution in [-0.2, 0) is 0 Å². The average molecular weight is 182 g/mol. The zero-order chi connectivity index (χ0) is 9.84. The minimum Gasteiger partial charge on any atom is -0.478 e. The lowest BCUT2D eigenvalue weighted by Gasteiger charge is -1.97. The highest BCUT2D eigenvalue weighted by Crippen LogP contribution is 1.99. The molecule has 0 atom stereocenters. The molecule has 68 valence electrons. The van der Waals surface area contributed by atoms with E-state index in [9.17, 15) is 9.59 Å². The zero-order valence-electron chi connectivity index (χ0n) is 6.39. The van der Waals surface area contributed by atoms with Gasteiger partial charge in [0.1, 0.15) is 5.69 Å². The number of rotatable bonds is 2. The molecule has 0 aliphatic heterocycles. The molecule has 0 aliphatic rings. The van der Waals surface area contributed by atoms with Crippen molar-refractivity contribution in [3.8, 4) is 0 Å². The third-order valence-corrected chi connectivity index (χ3v) is 1.34. The molecule has 0 saturated carbocycles. The van der Waals surface area contributed by atoms with E-state index in [-0.39, 0.29) is 11.3 Å². The molecule has 1 aromatic heterocycles. The number of amides is 1. The molecule has 0 bridgehead atoms. The van der Waals surface area contributed by atoms with Gasteiger partial charge in [-0.3, -0.25) is 15.0 Å². The highest BCUT2D eigenvalue weighted by atomic mass is 16.5. The van der Waals surface area contributed by atoms with E-state index in [4.69, 9.17) is 10.3 Å². The van der Waals surface area contributed by atoms with Crippen LogP contribution in [0.4, 0.5) is 0 Å². The summed E-state index contributed by atoms with van der Waals surface area (Å²) in [7, 11) is 0. The fourth-order valence-electron chi connectivity index (χ4n) is 0.712. The SMILES string of the molecule is O=C(O)c1ccc(C(=O)NO)nc1. The highest BCUT2D eigenvalue weighted by molar-refractivity contribution is 5.92. The predicted molar refractivity (Wildman–Crippen MR) is 40.4 cm³/mol. The van der Waals surface area contributed by atoms with Crippen LogP contribution in [0, 0.1) is 0 Å². The largest absolute Gasteiger partial charge is 0.478 e. The molecule has 0 fully saturated rings. The van der Waals surface area contributed by atoms with Gasteiger partial charge in [-0.1, -0.05) is 0 Å². The van der Waals surface area contributed by atoms with Crippen molar-refractivity contribution in [3.05, 3.63) is 29.6 Å². The van der Waals surface area contributed by atoms with Crippen molar-refractivity contribution < 1.29 is 19.9 Å². The minimum atomic E-state index is -1.12. The first-order valence-electron chi connectivity index (χ1n) is 3.29. The monoisotopic (exact) mass is 182 g/mol. The van der Waals surface area contributed by atoms with Gasteiger partial charge in [0.2, 0.25) is 0 Å². The van der Waals surface area contributed by atoms with Crippen molar-refractivity contribution in [2.75, 3.05) is 0 Å². The highest BCUT2D eigenvalue weighted by Gasteiger charge is 2.07. The van der Waals surface area contributed by atoms with E-state index >= 15 is 0 Å². The predicted octanol–water partition coefficient (Wildman–Crippen LogP) is -0.101. The number of nitrogens with zero attached hydrogens (tertiary/aromatic N) is 1. The van der Waals surface area contributed by atoms with Crippen LogP contribution in [0.25, 0.3) is 0 Å². The van der Waals surface area contributed by atoms with Crippen molar-refractivity contribution in [2.24, 2.45) is 0 Å². The molecule has 0 aromatic carbocycles. The molecule has 6 nitrogen and oxygen atoms in total. The van der Waals surface area contributed by atoms with Crippen LogP contribution >= 0.6 is 0 Å². The third-order valence-electron chi connectivity index (χ3n) is 1.34. The second-order valence-electron chi connectivity index (χ2n) is 2.18. The topological polar surface area (TPSA) is 99.5 Å². The Morgan fingerprint density at radius 3 is 2.46 bits per heavy atom. The second-order valence-corrected chi connectivity index (χ2v) is 2.18. The standard InChI is InChI=1S/C7H6N2O4/c10-6(9-13)5-2-1-4(3-8-5)7(11)12/h1-3,13H,(H,9,10)(H,11,12). The Morgan fingerprint density at radius 1 is 1.38 bits per heavy atom. The van der Waals surface area contributed by atoms with Gasteiger partial charge in [-0.05, 0) is 12.1 Å². The molecular formula is C7H6N2O4. The summed E-state index contributed by atoms with van der Waals surface area (Å²) in [5.41, 5.74) is 1.31. The minimum absolute atomic E-state index is 0.0190. The number of carbonyl (C=O) groups excluding carboxylic acids is 1. The van der Waals surface area contributed by atoms with Crippen molar-refractivity contribution in [2.45, 2.75) is 0 Å². The summed E-state index contributed by atoms with van der Waals surface area (Å²) in [5, 5.41) is 16.7. The van der Waals surface area contributed by atoms with Crippen LogP contribution in [0.5, 0.6) is 0 Å². The van der Waals surface area contributed by atoms with Crippen molar-refractivity contribution in [1.82, 2.24) is 10.5 Å². The van der Waals surface area contributed by atoms with Gasteiger partial charge in [-0.2, -0.15) is 0 Å². The van der Waals surface area contributed by atoms with Crippen LogP contribution in [0.1, 0.15) is 20.8 Å². The first kappa shape index (κ1) is 9.14. The maximum atomic E-state index is 10.7. The van der Waals surface area contributed by atoms with E-state index in [2.05, 4.69) is 4.98 Å². The molecule has 1 rings (SSSR count). The first-order valence-corrected chi connectivity index (χ1v) is 3.29. The third kappa shape index (κ3) is 2.00. The molecule has 0 aliphatic carbocycles. The van der Waals surface area contributed by atoms with E-state index in [1.54, 1.807) is 0 Å². The lowest BCUT2D eigenvalue weighted by molar-refractivity contribution is 0.0685. The number of carbonyl (C=O) groups is 2. The van der Waals surface area contributed by atoms with Crippen molar-refractivity contribution in [3.63, 3.8) is 0 Å². The van der Waals surface area contributed by atoms with Crippen LogP contribution in [0.3, 0.4) is 0 Å². The Morgan fingerprint density at radius 2 is 2.08 bits per heavy atom. The van der Waals surface area contributed by atoms with E-state index in [0.29, 0.717) is 0 Å². The summed E-state index contributed by atoms with van der Waals surface area (Å²) in [5.74, 6) is -1.90. The van der Waals surface area contributed by atoms with E-state index < -0.39 is 11.9 Å². The van der Waals surface area contributed by atoms with E-state index in [0.717, 1.165) is 6.20 Å². The lowest BCUT2D eigenvalue weighted by atomic mass is 10.2. The Hall–Kier alpha value is -1.95. The number of pyridine rings is 1. The van der Waals surface area contributed by atoms with Gasteiger partial charge in [0.15, 0.2) is 0 Å². The number of aromatic carboxylic acids is 1. The van der Waals surface area contributed by atoms with Gasteiger partial charge in [0, 0.05) is 6.20 Å². The molecule has 0 radical (unpaired) electrons. The van der Waals surface area contributed by atoms with Crippen molar-refractivity contribution >= 4 is 11.9 Å². The normalized spacial score (nSPS) is 9.31. The summed E-state index contributed by atoms with van der Waals surface area (Å²) in [4.78, 5) is 24.6. The molecule has 0 spiro atoms. The maximum absolute atomic E-state index is 10.7. The number of hydrogen-bond donors (Lipinski definition) is 3. The lowest BCUT2D eigenvalue weighted by Crippen LogP contribution is -2.20. The summed E-state index contributed by atoms with van der Waals surface area (Å²) in [6, 6.07) is 2.43. The van der Waals surface area contributed by atoms with Gasteiger partial charge in [-0.15, -0.1) is 0 Å². The number of carboxylic acids is 1. The molecule has 0 saturated heterocycles. The van der Waals surface area contributed by atoms with Gasteiger partial charge in [-0.25, -0.2) is 10.3 Å². The first-order chi connectivity index (χ1) is 6.15. The van der Waals surface area contributed by atoms with E-state index in [1.807, 2.05) is 0 Å². The fourth-order valence-corrected chi connectivity index (χ4v) is 0.712. The number of hydrogen-bond acceptors (Lipinski definition) is 4. The van der Waals surface area contributed by atoms with Gasteiger partial charge >= 0.3 is 5.97 Å². The number of aromatic nitrogens is 1. The van der Waals surface area contributed by atoms with Gasteiger partial charge in [0.25, 0.3) is 5.91 Å². The molecule has 3 N–H and O–H groups in total. The van der Waals surface area contributed by atoms with Crippen LogP contribution in [-0.4, -0.2) is 27.2 Å².